The van der Waals surface area contributed by atoms with Crippen LogP contribution in [0, 0.1) is 5.92 Å². The first kappa shape index (κ1) is 14.9. The molecule has 0 saturated heterocycles. The van der Waals surface area contributed by atoms with Crippen LogP contribution in [0.1, 0.15) is 32.1 Å². The van der Waals surface area contributed by atoms with Crippen molar-refractivity contribution in [2.45, 2.75) is 56.5 Å². The van der Waals surface area contributed by atoms with Crippen LogP contribution in [0.3, 0.4) is 0 Å². The quantitative estimate of drug-likeness (QED) is 0.446. The molecule has 5 N–H and O–H groups in total. The molecule has 0 aromatic carbocycles. The SMILES string of the molecule is OCC1=CC(NCC2CCCCC2)C(O)C(O)C1O. The van der Waals surface area contributed by atoms with Crippen molar-refractivity contribution in [3.63, 3.8) is 0 Å². The number of aliphatic hydroxyl groups is 4. The van der Waals surface area contributed by atoms with Crippen molar-refractivity contribution in [3.05, 3.63) is 11.6 Å². The first-order valence-corrected chi connectivity index (χ1v) is 7.22. The van der Waals surface area contributed by atoms with E-state index in [0.717, 1.165) is 6.54 Å². The fourth-order valence-electron chi connectivity index (χ4n) is 3.07. The topological polar surface area (TPSA) is 93.0 Å². The zero-order valence-corrected chi connectivity index (χ0v) is 11.2. The van der Waals surface area contributed by atoms with Crippen LogP contribution in [0.25, 0.3) is 0 Å². The second-order valence-corrected chi connectivity index (χ2v) is 5.76. The first-order valence-electron chi connectivity index (χ1n) is 7.22. The van der Waals surface area contributed by atoms with Crippen LogP contribution in [-0.2, 0) is 0 Å². The maximum Gasteiger partial charge on any atom is 0.111 e. The van der Waals surface area contributed by atoms with E-state index in [9.17, 15) is 15.3 Å². The highest BCUT2D eigenvalue weighted by molar-refractivity contribution is 5.21. The highest BCUT2D eigenvalue weighted by Gasteiger charge is 2.36. The average Bonchev–Trinajstić information content (AvgIpc) is 2.45. The normalized spacial score (nSPS) is 37.2. The van der Waals surface area contributed by atoms with Crippen LogP contribution in [-0.4, -0.2) is 57.9 Å². The highest BCUT2D eigenvalue weighted by Crippen LogP contribution is 2.24. The lowest BCUT2D eigenvalue weighted by molar-refractivity contribution is -0.0645. The van der Waals surface area contributed by atoms with Crippen molar-refractivity contribution in [2.75, 3.05) is 13.2 Å². The van der Waals surface area contributed by atoms with Gasteiger partial charge in [-0.2, -0.15) is 0 Å². The lowest BCUT2D eigenvalue weighted by atomic mass is 9.86. The van der Waals surface area contributed by atoms with Gasteiger partial charge in [0.1, 0.15) is 18.3 Å². The Balaban J connectivity index is 1.92. The number of rotatable bonds is 4. The summed E-state index contributed by atoms with van der Waals surface area (Å²) in [5, 5.41) is 41.8. The van der Waals surface area contributed by atoms with Gasteiger partial charge in [-0.15, -0.1) is 0 Å². The van der Waals surface area contributed by atoms with E-state index in [-0.39, 0.29) is 6.61 Å². The third-order valence-corrected chi connectivity index (χ3v) is 4.36. The molecule has 5 heteroatoms. The molecule has 0 amide bonds. The fraction of sp³-hybridized carbons (Fsp3) is 0.857. The van der Waals surface area contributed by atoms with Crippen molar-refractivity contribution in [3.8, 4) is 0 Å². The van der Waals surface area contributed by atoms with Crippen LogP contribution in [0.4, 0.5) is 0 Å². The molecule has 2 rings (SSSR count). The van der Waals surface area contributed by atoms with Crippen LogP contribution in [0.15, 0.2) is 11.6 Å². The monoisotopic (exact) mass is 271 g/mol. The van der Waals surface area contributed by atoms with Crippen LogP contribution >= 0.6 is 0 Å². The molecule has 110 valence electrons. The average molecular weight is 271 g/mol. The molecule has 0 aliphatic heterocycles. The van der Waals surface area contributed by atoms with Gasteiger partial charge in [0.25, 0.3) is 0 Å². The Hall–Kier alpha value is -0.460. The maximum absolute atomic E-state index is 9.95. The van der Waals surface area contributed by atoms with Crippen LogP contribution < -0.4 is 5.32 Å². The van der Waals surface area contributed by atoms with Gasteiger partial charge in [-0.05, 0) is 30.9 Å². The van der Waals surface area contributed by atoms with E-state index in [1.54, 1.807) is 6.08 Å². The van der Waals surface area contributed by atoms with Gasteiger partial charge in [-0.1, -0.05) is 25.3 Å². The summed E-state index contributed by atoms with van der Waals surface area (Å²) in [6.07, 6.45) is 4.44. The van der Waals surface area contributed by atoms with Gasteiger partial charge in [0.05, 0.1) is 12.6 Å². The first-order chi connectivity index (χ1) is 9.13. The summed E-state index contributed by atoms with van der Waals surface area (Å²) in [6, 6.07) is -0.400. The second kappa shape index (κ2) is 6.81. The summed E-state index contributed by atoms with van der Waals surface area (Å²) in [4.78, 5) is 0. The maximum atomic E-state index is 9.95. The molecular formula is C14H25NO4. The summed E-state index contributed by atoms with van der Waals surface area (Å²) >= 11 is 0. The smallest absolute Gasteiger partial charge is 0.111 e. The third kappa shape index (κ3) is 3.55. The molecule has 5 nitrogen and oxygen atoms in total. The van der Waals surface area contributed by atoms with E-state index in [1.165, 1.54) is 32.1 Å². The molecular weight excluding hydrogens is 246 g/mol. The fourth-order valence-corrected chi connectivity index (χ4v) is 3.07. The molecule has 4 unspecified atom stereocenters. The molecule has 0 spiro atoms. The zero-order valence-electron chi connectivity index (χ0n) is 11.2. The van der Waals surface area contributed by atoms with Crippen molar-refractivity contribution in [1.82, 2.24) is 5.32 Å². The lowest BCUT2D eigenvalue weighted by Gasteiger charge is -2.35. The lowest BCUT2D eigenvalue weighted by Crippen LogP contribution is -2.54. The standard InChI is InChI=1S/C14H25NO4/c16-8-10-6-11(13(18)14(19)12(10)17)15-7-9-4-2-1-3-5-9/h6,9,11-19H,1-5,7-8H2. The second-order valence-electron chi connectivity index (χ2n) is 5.76. The molecule has 0 bridgehead atoms. The molecule has 19 heavy (non-hydrogen) atoms. The molecule has 0 aromatic rings. The van der Waals surface area contributed by atoms with E-state index in [2.05, 4.69) is 5.32 Å². The van der Waals surface area contributed by atoms with Gasteiger partial charge in [-0.3, -0.25) is 0 Å². The summed E-state index contributed by atoms with van der Waals surface area (Å²) in [5.74, 6) is 0.621. The number of aliphatic hydroxyl groups excluding tert-OH is 4. The minimum Gasteiger partial charge on any atom is -0.392 e. The summed E-state index contributed by atoms with van der Waals surface area (Å²) in [6.45, 7) is 0.506. The molecule has 0 radical (unpaired) electrons. The van der Waals surface area contributed by atoms with E-state index in [0.29, 0.717) is 11.5 Å². The van der Waals surface area contributed by atoms with Crippen molar-refractivity contribution in [2.24, 2.45) is 5.92 Å². The molecule has 4 atom stereocenters. The van der Waals surface area contributed by atoms with E-state index in [4.69, 9.17) is 5.11 Å². The highest BCUT2D eigenvalue weighted by atomic mass is 16.4. The van der Waals surface area contributed by atoms with Gasteiger partial charge in [0.2, 0.25) is 0 Å². The summed E-state index contributed by atoms with van der Waals surface area (Å²) in [5.41, 5.74) is 0.374. The van der Waals surface area contributed by atoms with Gasteiger partial charge < -0.3 is 25.7 Å². The minimum absolute atomic E-state index is 0.299. The van der Waals surface area contributed by atoms with Gasteiger partial charge >= 0.3 is 0 Å². The van der Waals surface area contributed by atoms with E-state index < -0.39 is 24.4 Å². The molecule has 1 fully saturated rings. The van der Waals surface area contributed by atoms with Gasteiger partial charge in [0.15, 0.2) is 0 Å². The third-order valence-electron chi connectivity index (χ3n) is 4.36. The van der Waals surface area contributed by atoms with Gasteiger partial charge in [0, 0.05) is 0 Å². The number of nitrogens with one attached hydrogen (secondary N) is 1. The zero-order chi connectivity index (χ0) is 13.8. The van der Waals surface area contributed by atoms with Gasteiger partial charge in [-0.25, -0.2) is 0 Å². The van der Waals surface area contributed by atoms with Crippen LogP contribution in [0.2, 0.25) is 0 Å². The molecule has 0 aromatic heterocycles. The largest absolute Gasteiger partial charge is 0.392 e. The molecule has 2 aliphatic rings. The predicted molar refractivity (Wildman–Crippen MR) is 71.6 cm³/mol. The van der Waals surface area contributed by atoms with Crippen molar-refractivity contribution in [1.29, 1.82) is 0 Å². The van der Waals surface area contributed by atoms with Crippen LogP contribution in [0.5, 0.6) is 0 Å². The van der Waals surface area contributed by atoms with Crippen molar-refractivity contribution >= 4 is 0 Å². The molecule has 1 saturated carbocycles. The molecule has 2 aliphatic carbocycles. The van der Waals surface area contributed by atoms with E-state index >= 15 is 0 Å². The Morgan fingerprint density at radius 3 is 2.37 bits per heavy atom. The predicted octanol–water partition coefficient (Wildman–Crippen LogP) is -0.460. The van der Waals surface area contributed by atoms with E-state index in [1.807, 2.05) is 0 Å². The Labute approximate surface area is 114 Å². The number of hydrogen-bond acceptors (Lipinski definition) is 5. The molecule has 0 heterocycles. The Morgan fingerprint density at radius 1 is 1.05 bits per heavy atom. The summed E-state index contributed by atoms with van der Waals surface area (Å²) < 4.78 is 0. The number of hydrogen-bond donors (Lipinski definition) is 5. The minimum atomic E-state index is -1.24. The van der Waals surface area contributed by atoms with Crippen molar-refractivity contribution < 1.29 is 20.4 Å². The Morgan fingerprint density at radius 2 is 1.74 bits per heavy atom. The summed E-state index contributed by atoms with van der Waals surface area (Å²) in [7, 11) is 0. The Kier molecular flexibility index (Phi) is 5.36. The Bertz CT molecular complexity index is 315.